The van der Waals surface area contributed by atoms with Crippen molar-refractivity contribution in [2.45, 2.75) is 24.8 Å². The van der Waals surface area contributed by atoms with Crippen molar-refractivity contribution in [3.63, 3.8) is 0 Å². The third kappa shape index (κ3) is 4.99. The number of nitrogens with zero attached hydrogens (tertiary/aromatic N) is 4. The zero-order valence-electron chi connectivity index (χ0n) is 17.2. The first-order valence-corrected chi connectivity index (χ1v) is 11.5. The Morgan fingerprint density at radius 3 is 2.58 bits per heavy atom. The third-order valence-electron chi connectivity index (χ3n) is 5.27. The number of primary sulfonamides is 1. The summed E-state index contributed by atoms with van der Waals surface area (Å²) in [6, 6.07) is 11.4. The molecular weight excluding hydrogens is 421 g/mol. The lowest BCUT2D eigenvalue weighted by atomic mass is 10.1. The lowest BCUT2D eigenvalue weighted by Gasteiger charge is -2.25. The molecule has 0 bridgehead atoms. The van der Waals surface area contributed by atoms with Gasteiger partial charge >= 0.3 is 0 Å². The summed E-state index contributed by atoms with van der Waals surface area (Å²) in [6.07, 6.45) is 0.458. The highest BCUT2D eigenvalue weighted by Crippen LogP contribution is 2.21. The number of hydrogen-bond acceptors (Lipinski definition) is 6. The Balaban J connectivity index is 1.73. The van der Waals surface area contributed by atoms with Crippen LogP contribution in [0.1, 0.15) is 22.8 Å². The molecule has 0 amide bonds. The average Bonchev–Trinajstić information content (AvgIpc) is 3.11. The highest BCUT2D eigenvalue weighted by Gasteiger charge is 2.20. The van der Waals surface area contributed by atoms with Gasteiger partial charge in [0.05, 0.1) is 24.7 Å². The van der Waals surface area contributed by atoms with E-state index in [1.807, 2.05) is 31.2 Å². The molecule has 164 valence electrons. The van der Waals surface area contributed by atoms with Crippen LogP contribution in [-0.2, 0) is 27.7 Å². The van der Waals surface area contributed by atoms with Crippen LogP contribution in [0.2, 0.25) is 0 Å². The zero-order valence-corrected chi connectivity index (χ0v) is 18.0. The van der Waals surface area contributed by atoms with Gasteiger partial charge in [-0.3, -0.25) is 4.90 Å². The molecule has 1 aromatic heterocycles. The summed E-state index contributed by atoms with van der Waals surface area (Å²) in [7, 11) is -4.01. The molecule has 1 aliphatic heterocycles. The van der Waals surface area contributed by atoms with Crippen LogP contribution < -0.4 is 5.14 Å². The van der Waals surface area contributed by atoms with E-state index in [9.17, 15) is 12.8 Å². The number of ether oxygens (including phenoxy) is 1. The number of sulfonamides is 1. The van der Waals surface area contributed by atoms with E-state index in [4.69, 9.17) is 9.88 Å². The minimum Gasteiger partial charge on any atom is -0.379 e. The van der Waals surface area contributed by atoms with Crippen molar-refractivity contribution in [2.24, 2.45) is 5.14 Å². The van der Waals surface area contributed by atoms with Crippen molar-refractivity contribution in [1.82, 2.24) is 19.7 Å². The van der Waals surface area contributed by atoms with E-state index in [2.05, 4.69) is 15.0 Å². The van der Waals surface area contributed by atoms with E-state index in [0.717, 1.165) is 30.3 Å². The Kier molecular flexibility index (Phi) is 6.15. The molecule has 31 heavy (non-hydrogen) atoms. The molecule has 0 atom stereocenters. The molecule has 1 saturated heterocycles. The zero-order chi connectivity index (χ0) is 22.0. The number of hydrogen-bond donors (Lipinski definition) is 1. The van der Waals surface area contributed by atoms with Gasteiger partial charge in [-0.25, -0.2) is 27.6 Å². The summed E-state index contributed by atoms with van der Waals surface area (Å²) < 4.78 is 44.9. The summed E-state index contributed by atoms with van der Waals surface area (Å²) in [5.41, 5.74) is 2.27. The van der Waals surface area contributed by atoms with Crippen LogP contribution in [-0.4, -0.2) is 54.4 Å². The molecule has 2 N–H and O–H groups in total. The fraction of sp³-hybridized carbons (Fsp3) is 0.333. The summed E-state index contributed by atoms with van der Waals surface area (Å²) in [6.45, 7) is 5.39. The highest BCUT2D eigenvalue weighted by molar-refractivity contribution is 7.89. The van der Waals surface area contributed by atoms with Crippen molar-refractivity contribution < 1.29 is 17.5 Å². The Morgan fingerprint density at radius 2 is 1.90 bits per heavy atom. The Labute approximate surface area is 180 Å². The van der Waals surface area contributed by atoms with Gasteiger partial charge in [0.1, 0.15) is 17.3 Å². The van der Waals surface area contributed by atoms with E-state index in [1.165, 1.54) is 16.8 Å². The number of aryl methyl sites for hydroxylation is 1. The summed E-state index contributed by atoms with van der Waals surface area (Å²) in [5, 5.41) is 9.68. The Hall–Kier alpha value is -2.66. The average molecular weight is 446 g/mol. The van der Waals surface area contributed by atoms with Gasteiger partial charge in [0.2, 0.25) is 10.0 Å². The van der Waals surface area contributed by atoms with Gasteiger partial charge in [0, 0.05) is 19.5 Å². The van der Waals surface area contributed by atoms with E-state index >= 15 is 0 Å². The van der Waals surface area contributed by atoms with Gasteiger partial charge in [-0.1, -0.05) is 24.3 Å². The summed E-state index contributed by atoms with van der Waals surface area (Å²) >= 11 is 0. The minimum absolute atomic E-state index is 0.122. The second-order valence-electron chi connectivity index (χ2n) is 7.51. The fourth-order valence-electron chi connectivity index (χ4n) is 3.54. The maximum atomic E-state index is 14.9. The first kappa shape index (κ1) is 21.6. The van der Waals surface area contributed by atoms with Crippen LogP contribution in [0, 0.1) is 12.7 Å². The molecule has 2 aromatic carbocycles. The SMILES string of the molecule is Cc1ccccc1Cc1nc(CN2CCOCC2)nn1-c1ccc(S(N)(=O)=O)cc1F. The summed E-state index contributed by atoms with van der Waals surface area (Å²) in [4.78, 5) is 6.58. The fourth-order valence-corrected chi connectivity index (χ4v) is 4.07. The third-order valence-corrected chi connectivity index (χ3v) is 6.18. The lowest BCUT2D eigenvalue weighted by Crippen LogP contribution is -2.36. The van der Waals surface area contributed by atoms with Gasteiger partial charge in [-0.2, -0.15) is 0 Å². The van der Waals surface area contributed by atoms with Gasteiger partial charge in [-0.15, -0.1) is 5.10 Å². The Morgan fingerprint density at radius 1 is 1.16 bits per heavy atom. The van der Waals surface area contributed by atoms with Crippen LogP contribution in [0.3, 0.4) is 0 Å². The highest BCUT2D eigenvalue weighted by atomic mass is 32.2. The molecule has 0 saturated carbocycles. The van der Waals surface area contributed by atoms with Crippen LogP contribution in [0.15, 0.2) is 47.4 Å². The molecular formula is C21H24FN5O3S. The van der Waals surface area contributed by atoms with Crippen molar-refractivity contribution in [1.29, 1.82) is 0 Å². The molecule has 1 fully saturated rings. The molecule has 0 unspecified atom stereocenters. The quantitative estimate of drug-likeness (QED) is 0.620. The van der Waals surface area contributed by atoms with E-state index in [-0.39, 0.29) is 10.6 Å². The molecule has 3 aromatic rings. The summed E-state index contributed by atoms with van der Waals surface area (Å²) in [5.74, 6) is 0.403. The monoisotopic (exact) mass is 445 g/mol. The number of halogens is 1. The molecule has 0 radical (unpaired) electrons. The predicted molar refractivity (Wildman–Crippen MR) is 113 cm³/mol. The van der Waals surface area contributed by atoms with Crippen LogP contribution >= 0.6 is 0 Å². The van der Waals surface area contributed by atoms with Crippen LogP contribution in [0.5, 0.6) is 0 Å². The van der Waals surface area contributed by atoms with E-state index in [0.29, 0.717) is 37.8 Å². The topological polar surface area (TPSA) is 103 Å². The second kappa shape index (κ2) is 8.83. The molecule has 1 aliphatic rings. The second-order valence-corrected chi connectivity index (χ2v) is 9.07. The predicted octanol–water partition coefficient (Wildman–Crippen LogP) is 1.79. The van der Waals surface area contributed by atoms with Gasteiger partial charge in [-0.05, 0) is 36.2 Å². The smallest absolute Gasteiger partial charge is 0.238 e. The van der Waals surface area contributed by atoms with Crippen molar-refractivity contribution in [3.05, 3.63) is 71.1 Å². The minimum atomic E-state index is -4.01. The molecule has 0 aliphatic carbocycles. The maximum Gasteiger partial charge on any atom is 0.238 e. The van der Waals surface area contributed by atoms with Crippen molar-refractivity contribution in [3.8, 4) is 5.69 Å². The van der Waals surface area contributed by atoms with Gasteiger partial charge in [0.15, 0.2) is 5.82 Å². The normalized spacial score (nSPS) is 15.3. The van der Waals surface area contributed by atoms with Crippen LogP contribution in [0.4, 0.5) is 4.39 Å². The standard InChI is InChI=1S/C21H24FN5O3S/c1-15-4-2-3-5-16(15)12-21-24-20(14-26-8-10-30-11-9-26)25-27(21)19-7-6-17(13-18(19)22)31(23,28)29/h2-7,13H,8-12,14H2,1H3,(H2,23,28,29). The van der Waals surface area contributed by atoms with Crippen LogP contribution in [0.25, 0.3) is 5.69 Å². The number of morpholine rings is 1. The van der Waals surface area contributed by atoms with E-state index in [1.54, 1.807) is 0 Å². The largest absolute Gasteiger partial charge is 0.379 e. The molecule has 0 spiro atoms. The number of aromatic nitrogens is 3. The first-order valence-electron chi connectivity index (χ1n) is 9.93. The molecule has 4 rings (SSSR count). The number of nitrogens with two attached hydrogens (primary N) is 1. The number of benzene rings is 2. The van der Waals surface area contributed by atoms with Crippen molar-refractivity contribution >= 4 is 10.0 Å². The first-order chi connectivity index (χ1) is 14.8. The lowest BCUT2D eigenvalue weighted by molar-refractivity contribution is 0.0330. The van der Waals surface area contributed by atoms with E-state index < -0.39 is 15.8 Å². The Bertz CT molecular complexity index is 1190. The van der Waals surface area contributed by atoms with Gasteiger partial charge in [0.25, 0.3) is 0 Å². The molecule has 10 heteroatoms. The maximum absolute atomic E-state index is 14.9. The molecule has 2 heterocycles. The molecule has 8 nitrogen and oxygen atoms in total. The van der Waals surface area contributed by atoms with Crippen molar-refractivity contribution in [2.75, 3.05) is 26.3 Å². The number of rotatable bonds is 6. The van der Waals surface area contributed by atoms with Gasteiger partial charge < -0.3 is 4.74 Å².